The summed E-state index contributed by atoms with van der Waals surface area (Å²) in [7, 11) is 1.39. The Morgan fingerprint density at radius 1 is 0.361 bits per heavy atom. The van der Waals surface area contributed by atoms with Gasteiger partial charge in [0.05, 0.1) is 74.2 Å². The van der Waals surface area contributed by atoms with E-state index in [1.54, 1.807) is 43.5 Å². The summed E-state index contributed by atoms with van der Waals surface area (Å²) in [5.74, 6) is 0.630. The lowest BCUT2D eigenvalue weighted by molar-refractivity contribution is -0.270. The van der Waals surface area contributed by atoms with Crippen molar-refractivity contribution in [2.24, 2.45) is 21.7 Å². The van der Waals surface area contributed by atoms with Crippen molar-refractivity contribution in [3.63, 3.8) is 0 Å². The molecule has 7 fully saturated rings. The van der Waals surface area contributed by atoms with E-state index in [1.807, 2.05) is 150 Å². The van der Waals surface area contributed by atoms with Crippen molar-refractivity contribution >= 4 is 51.5 Å². The number of aryl methyl sites for hydroxylation is 4. The molecule has 4 aromatic carbocycles. The highest BCUT2D eigenvalue weighted by atomic mass is 16.8. The van der Waals surface area contributed by atoms with Crippen molar-refractivity contribution in [1.29, 1.82) is 0 Å². The van der Waals surface area contributed by atoms with E-state index in [2.05, 4.69) is 150 Å². The van der Waals surface area contributed by atoms with Crippen LogP contribution in [-0.4, -0.2) is 187 Å². The number of ether oxygens (including phenoxy) is 6. The Kier molecular flexibility index (Phi) is 27.3. The van der Waals surface area contributed by atoms with Crippen LogP contribution in [0.1, 0.15) is 385 Å². The lowest BCUT2D eigenvalue weighted by Crippen LogP contribution is -2.63. The van der Waals surface area contributed by atoms with Gasteiger partial charge in [-0.3, -0.25) is 24.1 Å². The minimum Gasteiger partial charge on any atom is -0.453 e. The molecule has 4 unspecified atom stereocenters. The van der Waals surface area contributed by atoms with Crippen molar-refractivity contribution in [2.75, 3.05) is 7.11 Å². The van der Waals surface area contributed by atoms with Crippen LogP contribution in [0.5, 0.6) is 0 Å². The largest absolute Gasteiger partial charge is 0.453 e. The third-order valence-electron chi connectivity index (χ3n) is 34.5. The number of nitrogens with zero attached hydrogens (tertiary/aromatic N) is 5. The molecule has 26 heteroatoms. The topological polar surface area (TPSA) is 380 Å². The van der Waals surface area contributed by atoms with Crippen LogP contribution >= 0.6 is 0 Å². The number of H-pyrrole nitrogens is 4. The molecule has 4 aliphatic carbocycles. The number of rotatable bonds is 20. The predicted octanol–water partition coefficient (Wildman–Crippen LogP) is 21.5. The Bertz CT molecular complexity index is 6630. The van der Waals surface area contributed by atoms with Gasteiger partial charge in [0, 0.05) is 125 Å². The number of ketones is 4. The normalized spacial score (nSPS) is 33.5. The fourth-order valence-corrected chi connectivity index (χ4v) is 26.7. The first-order chi connectivity index (χ1) is 68.5. The maximum Gasteiger partial charge on any atom is 0.410 e. The highest BCUT2D eigenvalue weighted by molar-refractivity contribution is 5.97. The number of hydrogen-bond donors (Lipinski definition) is 10. The van der Waals surface area contributed by atoms with Gasteiger partial charge in [-0.1, -0.05) is 153 Å². The van der Waals surface area contributed by atoms with Crippen molar-refractivity contribution < 1.29 is 83.0 Å². The summed E-state index contributed by atoms with van der Waals surface area (Å²) in [5, 5.41) is 69.7. The van der Waals surface area contributed by atoms with Gasteiger partial charge in [-0.2, -0.15) is 0 Å². The summed E-state index contributed by atoms with van der Waals surface area (Å²) in [6, 6.07) is 24.2. The molecule has 13 heterocycles. The molecule has 8 bridgehead atoms. The fourth-order valence-electron chi connectivity index (χ4n) is 26.7. The van der Waals surface area contributed by atoms with Gasteiger partial charge >= 0.3 is 6.09 Å². The van der Waals surface area contributed by atoms with E-state index in [-0.39, 0.29) is 102 Å². The van der Waals surface area contributed by atoms with Gasteiger partial charge < -0.3 is 79.0 Å². The third-order valence-corrected chi connectivity index (χ3v) is 34.5. The highest BCUT2D eigenvalue weighted by Crippen LogP contribution is 2.63. The van der Waals surface area contributed by atoms with E-state index in [4.69, 9.17) is 28.4 Å². The van der Waals surface area contributed by atoms with Gasteiger partial charge in [0.25, 0.3) is 0 Å². The summed E-state index contributed by atoms with van der Waals surface area (Å²) < 4.78 is 36.6. The quantitative estimate of drug-likeness (QED) is 0.0250. The first-order valence-corrected chi connectivity index (χ1v) is 53.0. The Hall–Kier alpha value is -10.3. The number of hydrogen-bond acceptors (Lipinski definition) is 21. The van der Waals surface area contributed by atoms with Gasteiger partial charge in [-0.25, -0.2) is 24.7 Å². The number of amides is 1. The zero-order chi connectivity index (χ0) is 106. The monoisotopic (exact) mass is 2010 g/mol. The number of Topliss-reactive ketones (excluding diaryl/α,β-unsaturated/α-hetero) is 4. The van der Waals surface area contributed by atoms with E-state index in [9.17, 15) is 54.6 Å². The minimum atomic E-state index is -1.29. The number of methoxy groups -OCH3 is 1. The third kappa shape index (κ3) is 21.3. The van der Waals surface area contributed by atoms with Crippen molar-refractivity contribution in [2.45, 2.75) is 404 Å². The van der Waals surface area contributed by atoms with Crippen LogP contribution in [0.2, 0.25) is 0 Å². The van der Waals surface area contributed by atoms with Gasteiger partial charge in [0.15, 0.2) is 29.1 Å². The molecule has 0 saturated carbocycles. The van der Waals surface area contributed by atoms with Crippen LogP contribution in [0.3, 0.4) is 0 Å². The Labute approximate surface area is 865 Å². The predicted molar refractivity (Wildman–Crippen MR) is 565 cm³/mol. The summed E-state index contributed by atoms with van der Waals surface area (Å²) >= 11 is 0. The highest BCUT2D eigenvalue weighted by Gasteiger charge is 2.72. The zero-order valence-electron chi connectivity index (χ0n) is 90.5. The number of aliphatic hydroxyl groups excluding tert-OH is 2. The number of benzene rings is 4. The van der Waals surface area contributed by atoms with Crippen molar-refractivity contribution in [3.05, 3.63) is 259 Å². The average molecular weight is 2010 g/mol. The van der Waals surface area contributed by atoms with Crippen molar-refractivity contribution in [3.8, 4) is 0 Å². The lowest BCUT2D eigenvalue weighted by Gasteiger charge is -2.53. The molecule has 1 amide bonds. The maximum absolute atomic E-state index is 13.2. The van der Waals surface area contributed by atoms with Gasteiger partial charge in [-0.15, -0.1) is 0 Å². The Balaban J connectivity index is 0.000000129. The van der Waals surface area contributed by atoms with Crippen LogP contribution in [0, 0.1) is 49.4 Å². The second-order valence-electron chi connectivity index (χ2n) is 51.2. The molecular weight excluding hydrogens is 1850 g/mol. The molecule has 7 saturated heterocycles. The molecule has 13 aliphatic rings. The molecule has 8 aromatic rings. The number of fused-ring (bicyclic) bond motifs is 11. The number of piperidine rings is 1. The summed E-state index contributed by atoms with van der Waals surface area (Å²) in [6.45, 7) is 45.3. The second-order valence-corrected chi connectivity index (χ2v) is 51.2. The number of nitrogens with one attached hydrogen (secondary N) is 4. The van der Waals surface area contributed by atoms with Crippen molar-refractivity contribution in [1.82, 2.24) is 44.8 Å². The number of imidazole rings is 4. The Morgan fingerprint density at radius 3 is 0.871 bits per heavy atom. The van der Waals surface area contributed by atoms with Gasteiger partial charge in [0.2, 0.25) is 23.1 Å². The Morgan fingerprint density at radius 2 is 0.619 bits per heavy atom. The number of allylic oxidation sites excluding steroid dienone is 8. The first-order valence-electron chi connectivity index (χ1n) is 53.0. The number of aliphatic hydroxyl groups is 6. The van der Waals surface area contributed by atoms with Crippen LogP contribution in [0.4, 0.5) is 4.79 Å². The van der Waals surface area contributed by atoms with E-state index in [1.165, 1.54) is 29.4 Å². The van der Waals surface area contributed by atoms with E-state index >= 15 is 0 Å². The lowest BCUT2D eigenvalue weighted by atomic mass is 9.70. The SMILES string of the molecule is COC(=O)N1[C@@]2(C)C=C[C@]1(C)CC(O)(c1ccc(CC(=O)c3ncc(C)[nH]3)c(C3=CCC(C)(C)CC3)c1)C2.Cc1cnc(C(=O)Cc2ccc(C3(O)C[C@@]4(C)O[C@@](C)(C3)[C@@H]3OC(C)(C)O[C@@H]34)cc2C2=CCC(C)(C)CC2)[nH]1.Cc1cnc(C(=O)Cc2ccc(C3(O)C[C@@]4(C)O[C@@](C)(C3)[C@H](O)[C@@H]4O)cc2C2=CCC(C)(C)CC2)[nH]1.Cc1cnc(C(=O)Cc2ccc(C3(O)C[C@]4(C)C=C[C@](C)(C3)O4)cc2C2=CCC(C)(C)CC2)[nH]1. The van der Waals surface area contributed by atoms with Gasteiger partial charge in [-0.05, 0) is 309 Å². The summed E-state index contributed by atoms with van der Waals surface area (Å²) in [4.78, 5) is 95.9. The molecule has 9 aliphatic heterocycles. The summed E-state index contributed by atoms with van der Waals surface area (Å²) in [5.41, 5.74) is 10.3. The average Bonchev–Trinajstić information content (AvgIpc) is 1.52. The van der Waals surface area contributed by atoms with Crippen LogP contribution in [-0.2, 0) is 76.5 Å². The number of aromatic nitrogens is 8. The molecule has 4 aromatic heterocycles. The molecule has 0 radical (unpaired) electrons. The van der Waals surface area contributed by atoms with Crippen LogP contribution in [0.15, 0.2) is 146 Å². The molecule has 786 valence electrons. The fraction of sp³-hybridized carbons (Fsp3) is 0.562. The number of aromatic amines is 4. The smallest absolute Gasteiger partial charge is 0.410 e. The number of carbonyl (C=O) groups is 5. The second kappa shape index (κ2) is 37.6. The minimum absolute atomic E-state index is 0.0223. The first kappa shape index (κ1) is 107. The van der Waals surface area contributed by atoms with Crippen LogP contribution in [0.25, 0.3) is 22.3 Å². The molecule has 10 N–H and O–H groups in total. The molecule has 26 nitrogen and oxygen atoms in total. The standard InChI is InChI=1S/C32H42N2O5.C31H39N3O4.C29H38N2O5.C29H36N2O3/c1-19-16-33-27(34-19)24(35)14-21-8-9-22(15-23(21)20-10-12-28(2,3)13-11-20)32(36)17-30(6)25-26(31(7,18-32)39-30)38-29(4,5)37-25;1-20-17-32-26(33-20)25(35)15-22-7-8-23(16-24(22)21-9-11-28(2,3)12-10-21)31(37)18-29(4)13-14-30(5,19-31)34(29)27(36)38-6;1-17-14-30-25(31-17)22(32)12-19-6-7-20(13-21(19)18-8-10-26(2,3)11-9-18)29(35)15-27(4)23(33)24(34)28(5,16-29)36-27;1-19-16-30-25(31-19)24(32)14-21-6-7-22(15-23(21)20-8-10-26(2,3)11-9-20)29(33)17-27(4)12-13-28(5,18-29)34-27/h8-10,15-16,25-26,36H,11-14,17-18H2,1-7H3,(H,33,34);7-9,13-14,16-17,37H,10-12,15,18-19H2,1-6H3,(H,32,33);6-8,13-14,23-24,33-35H,9-12,15-16H2,1-5H3,(H,30,31);6-8,12-13,15-16,33H,9-11,14,17-18H2,1-5H3,(H,30,31)/t25-,26+,30+,31-,32?;29-,30+,31?;23-,24+,27+,28-,29?;27-,28+,29?. The summed E-state index contributed by atoms with van der Waals surface area (Å²) in [6.07, 6.45) is 36.9. The maximum atomic E-state index is 13.2. The van der Waals surface area contributed by atoms with E-state index < -0.39 is 85.1 Å². The van der Waals surface area contributed by atoms with E-state index in [0.29, 0.717) is 61.8 Å². The molecule has 0 spiro atoms. The zero-order valence-corrected chi connectivity index (χ0v) is 90.5. The molecule has 21 rings (SSSR count). The number of carbonyl (C=O) groups excluding carboxylic acids is 5. The van der Waals surface area contributed by atoms with E-state index in [0.717, 1.165) is 167 Å². The van der Waals surface area contributed by atoms with Gasteiger partial charge in [0.1, 0.15) is 24.4 Å². The van der Waals surface area contributed by atoms with Crippen LogP contribution < -0.4 is 0 Å². The molecular formula is C121H155N9O17. The molecule has 16 atom stereocenters. The molecule has 147 heavy (non-hydrogen) atoms.